The monoisotopic (exact) mass is 231 g/mol. The number of rotatable bonds is 4. The van der Waals surface area contributed by atoms with Gasteiger partial charge in [0.15, 0.2) is 0 Å². The number of hydrogen-bond donors (Lipinski definition) is 0. The first-order valence-electron chi connectivity index (χ1n) is 6.08. The second-order valence-electron chi connectivity index (χ2n) is 4.57. The van der Waals surface area contributed by atoms with Gasteiger partial charge in [-0.15, -0.1) is 0 Å². The van der Waals surface area contributed by atoms with Crippen LogP contribution in [0, 0.1) is 38.0 Å². The lowest BCUT2D eigenvalue weighted by molar-refractivity contribution is 0.408. The van der Waals surface area contributed by atoms with E-state index >= 15 is 0 Å². The van der Waals surface area contributed by atoms with Crippen LogP contribution in [0.2, 0.25) is 0 Å². The van der Waals surface area contributed by atoms with Crippen LogP contribution in [0.3, 0.4) is 0 Å². The van der Waals surface area contributed by atoms with Crippen molar-refractivity contribution in [2.45, 2.75) is 40.5 Å². The molecular weight excluding hydrogens is 210 g/mol. The Labute approximate surface area is 104 Å². The Balaban J connectivity index is 3.15. The maximum atomic E-state index is 9.04. The number of nitrogens with zero attached hydrogens (tertiary/aromatic N) is 1. The number of nitriles is 1. The van der Waals surface area contributed by atoms with E-state index in [0.717, 1.165) is 24.2 Å². The van der Waals surface area contributed by atoms with E-state index in [2.05, 4.69) is 39.8 Å². The van der Waals surface area contributed by atoms with E-state index in [1.807, 2.05) is 0 Å². The predicted molar refractivity (Wildman–Crippen MR) is 70.3 cm³/mol. The van der Waals surface area contributed by atoms with E-state index < -0.39 is 0 Å². The van der Waals surface area contributed by atoms with E-state index in [1.165, 1.54) is 16.7 Å². The van der Waals surface area contributed by atoms with E-state index in [4.69, 9.17) is 10.00 Å². The summed E-state index contributed by atoms with van der Waals surface area (Å²) in [6, 6.07) is 4.52. The summed E-state index contributed by atoms with van der Waals surface area (Å²) in [5.41, 5.74) is 4.86. The molecular formula is C15H21NO. The first kappa shape index (κ1) is 13.6. The molecule has 1 unspecified atom stereocenters. The Kier molecular flexibility index (Phi) is 4.57. The van der Waals surface area contributed by atoms with Gasteiger partial charge in [-0.1, -0.05) is 13.0 Å². The van der Waals surface area contributed by atoms with Crippen molar-refractivity contribution in [1.29, 1.82) is 5.26 Å². The molecule has 1 aromatic rings. The molecule has 0 heterocycles. The summed E-state index contributed by atoms with van der Waals surface area (Å²) in [7, 11) is 1.71. The standard InChI is InChI=1S/C15H21NO/c1-6-13(9-16)8-14-7-10(2)15(17-5)12(4)11(14)3/h7,13H,6,8H2,1-5H3. The van der Waals surface area contributed by atoms with Crippen LogP contribution >= 0.6 is 0 Å². The minimum Gasteiger partial charge on any atom is -0.496 e. The highest BCUT2D eigenvalue weighted by atomic mass is 16.5. The third kappa shape index (κ3) is 2.79. The van der Waals surface area contributed by atoms with Crippen molar-refractivity contribution < 1.29 is 4.74 Å². The molecule has 92 valence electrons. The fourth-order valence-electron chi connectivity index (χ4n) is 2.21. The van der Waals surface area contributed by atoms with Gasteiger partial charge in [0.1, 0.15) is 5.75 Å². The van der Waals surface area contributed by atoms with E-state index in [-0.39, 0.29) is 5.92 Å². The first-order chi connectivity index (χ1) is 8.04. The molecule has 0 spiro atoms. The fourth-order valence-corrected chi connectivity index (χ4v) is 2.21. The Morgan fingerprint density at radius 3 is 2.41 bits per heavy atom. The van der Waals surface area contributed by atoms with Crippen LogP contribution < -0.4 is 4.74 Å². The Bertz CT molecular complexity index is 443. The third-order valence-electron chi connectivity index (χ3n) is 3.48. The molecule has 0 aliphatic rings. The summed E-state index contributed by atoms with van der Waals surface area (Å²) in [4.78, 5) is 0. The molecule has 0 fully saturated rings. The highest BCUT2D eigenvalue weighted by Gasteiger charge is 2.13. The Morgan fingerprint density at radius 2 is 1.94 bits per heavy atom. The zero-order valence-corrected chi connectivity index (χ0v) is 11.4. The van der Waals surface area contributed by atoms with Crippen LogP contribution in [0.25, 0.3) is 0 Å². The summed E-state index contributed by atoms with van der Waals surface area (Å²) >= 11 is 0. The van der Waals surface area contributed by atoms with Gasteiger partial charge in [0.05, 0.1) is 19.1 Å². The van der Waals surface area contributed by atoms with Gasteiger partial charge < -0.3 is 4.74 Å². The summed E-state index contributed by atoms with van der Waals surface area (Å²) in [6.45, 7) is 8.31. The largest absolute Gasteiger partial charge is 0.496 e. The van der Waals surface area contributed by atoms with Crippen molar-refractivity contribution in [1.82, 2.24) is 0 Å². The Hall–Kier alpha value is -1.49. The van der Waals surface area contributed by atoms with Gasteiger partial charge in [0.2, 0.25) is 0 Å². The van der Waals surface area contributed by atoms with E-state index in [1.54, 1.807) is 7.11 Å². The zero-order valence-electron chi connectivity index (χ0n) is 11.4. The highest BCUT2D eigenvalue weighted by Crippen LogP contribution is 2.29. The molecule has 1 atom stereocenters. The molecule has 0 bridgehead atoms. The average Bonchev–Trinajstić information content (AvgIpc) is 2.32. The minimum atomic E-state index is 0.112. The summed E-state index contributed by atoms with van der Waals surface area (Å²) in [5.74, 6) is 1.08. The van der Waals surface area contributed by atoms with Gasteiger partial charge >= 0.3 is 0 Å². The number of hydrogen-bond acceptors (Lipinski definition) is 2. The van der Waals surface area contributed by atoms with E-state index in [0.29, 0.717) is 0 Å². The van der Waals surface area contributed by atoms with Gasteiger partial charge in [-0.2, -0.15) is 5.26 Å². The predicted octanol–water partition coefficient (Wildman–Crippen LogP) is 3.71. The summed E-state index contributed by atoms with van der Waals surface area (Å²) < 4.78 is 5.40. The number of benzene rings is 1. The van der Waals surface area contributed by atoms with Crippen molar-refractivity contribution >= 4 is 0 Å². The van der Waals surface area contributed by atoms with Crippen LogP contribution in [0.1, 0.15) is 35.6 Å². The lowest BCUT2D eigenvalue weighted by Gasteiger charge is -2.16. The second-order valence-corrected chi connectivity index (χ2v) is 4.57. The molecule has 1 rings (SSSR count). The molecule has 0 amide bonds. The van der Waals surface area contributed by atoms with Crippen LogP contribution in [-0.4, -0.2) is 7.11 Å². The third-order valence-corrected chi connectivity index (χ3v) is 3.48. The molecule has 2 nitrogen and oxygen atoms in total. The van der Waals surface area contributed by atoms with Crippen LogP contribution in [0.4, 0.5) is 0 Å². The highest BCUT2D eigenvalue weighted by molar-refractivity contribution is 5.49. The van der Waals surface area contributed by atoms with Crippen molar-refractivity contribution in [2.24, 2.45) is 5.92 Å². The SMILES string of the molecule is CCC(C#N)Cc1cc(C)c(OC)c(C)c1C. The van der Waals surface area contributed by atoms with Crippen LogP contribution in [0.15, 0.2) is 6.07 Å². The molecule has 2 heteroatoms. The van der Waals surface area contributed by atoms with Crippen molar-refractivity contribution in [3.8, 4) is 11.8 Å². The maximum Gasteiger partial charge on any atom is 0.124 e. The van der Waals surface area contributed by atoms with Crippen LogP contribution in [-0.2, 0) is 6.42 Å². The van der Waals surface area contributed by atoms with Gasteiger partial charge in [0.25, 0.3) is 0 Å². The lowest BCUT2D eigenvalue weighted by atomic mass is 9.91. The van der Waals surface area contributed by atoms with E-state index in [9.17, 15) is 0 Å². The zero-order chi connectivity index (χ0) is 13.0. The van der Waals surface area contributed by atoms with Crippen molar-refractivity contribution in [2.75, 3.05) is 7.11 Å². The van der Waals surface area contributed by atoms with Gasteiger partial charge in [-0.05, 0) is 55.9 Å². The molecule has 0 aliphatic carbocycles. The molecule has 0 saturated heterocycles. The van der Waals surface area contributed by atoms with Gasteiger partial charge in [0, 0.05) is 0 Å². The Morgan fingerprint density at radius 1 is 1.29 bits per heavy atom. The molecule has 0 aliphatic heterocycles. The molecule has 0 N–H and O–H groups in total. The topological polar surface area (TPSA) is 33.0 Å². The molecule has 0 aromatic heterocycles. The molecule has 1 aromatic carbocycles. The minimum absolute atomic E-state index is 0.112. The normalized spacial score (nSPS) is 12.0. The maximum absolute atomic E-state index is 9.04. The number of methoxy groups -OCH3 is 1. The second kappa shape index (κ2) is 5.72. The number of ether oxygens (including phenoxy) is 1. The average molecular weight is 231 g/mol. The van der Waals surface area contributed by atoms with Crippen molar-refractivity contribution in [3.63, 3.8) is 0 Å². The molecule has 17 heavy (non-hydrogen) atoms. The van der Waals surface area contributed by atoms with Gasteiger partial charge in [-0.25, -0.2) is 0 Å². The number of aryl methyl sites for hydroxylation is 1. The molecule has 0 saturated carbocycles. The fraction of sp³-hybridized carbons (Fsp3) is 0.533. The lowest BCUT2D eigenvalue weighted by Crippen LogP contribution is -2.05. The van der Waals surface area contributed by atoms with Crippen molar-refractivity contribution in [3.05, 3.63) is 28.3 Å². The molecule has 0 radical (unpaired) electrons. The smallest absolute Gasteiger partial charge is 0.124 e. The first-order valence-corrected chi connectivity index (χ1v) is 6.08. The van der Waals surface area contributed by atoms with Crippen LogP contribution in [0.5, 0.6) is 5.75 Å². The summed E-state index contributed by atoms with van der Waals surface area (Å²) in [6.07, 6.45) is 1.74. The quantitative estimate of drug-likeness (QED) is 0.791. The summed E-state index contributed by atoms with van der Waals surface area (Å²) in [5, 5.41) is 9.04. The van der Waals surface area contributed by atoms with Gasteiger partial charge in [-0.3, -0.25) is 0 Å².